The van der Waals surface area contributed by atoms with Crippen LogP contribution in [0.2, 0.25) is 0 Å². The highest BCUT2D eigenvalue weighted by Crippen LogP contribution is 2.03. The first-order valence-corrected chi connectivity index (χ1v) is 5.15. The molecule has 0 bridgehead atoms. The first kappa shape index (κ1) is 10.2. The van der Waals surface area contributed by atoms with Gasteiger partial charge in [-0.3, -0.25) is 0 Å². The Balaban J connectivity index is 2.80. The zero-order chi connectivity index (χ0) is 9.52. The quantitative estimate of drug-likeness (QED) is 0.548. The Morgan fingerprint density at radius 1 is 1.15 bits per heavy atom. The lowest BCUT2D eigenvalue weighted by Crippen LogP contribution is -1.79. The minimum atomic E-state index is 1.02. The maximum Gasteiger partial charge on any atom is 0.0255 e. The molecule has 0 spiro atoms. The number of rotatable bonds is 1. The highest BCUT2D eigenvalue weighted by atomic mass is 127. The van der Waals surface area contributed by atoms with Gasteiger partial charge in [0.05, 0.1) is 0 Å². The molecule has 0 aliphatic heterocycles. The number of hydrogen-bond donors (Lipinski definition) is 0. The predicted molar refractivity (Wildman–Crippen MR) is 64.5 cm³/mol. The lowest BCUT2D eigenvalue weighted by molar-refractivity contribution is 1.14. The van der Waals surface area contributed by atoms with Crippen molar-refractivity contribution in [3.05, 3.63) is 35.4 Å². The fraction of sp³-hybridized carbons (Fsp3) is 0.167. The van der Waals surface area contributed by atoms with Gasteiger partial charge in [-0.15, -0.1) is 0 Å². The van der Waals surface area contributed by atoms with Crippen LogP contribution in [0.4, 0.5) is 0 Å². The molecule has 13 heavy (non-hydrogen) atoms. The van der Waals surface area contributed by atoms with Gasteiger partial charge in [0, 0.05) is 28.2 Å². The van der Waals surface area contributed by atoms with E-state index in [0.29, 0.717) is 0 Å². The molecule has 0 amide bonds. The third kappa shape index (κ3) is 3.53. The molecule has 0 aliphatic rings. The van der Waals surface area contributed by atoms with Crippen molar-refractivity contribution in [2.45, 2.75) is 13.3 Å². The van der Waals surface area contributed by atoms with Crippen LogP contribution in [-0.4, -0.2) is 0 Å². The van der Waals surface area contributed by atoms with Crippen LogP contribution in [0.15, 0.2) is 24.3 Å². The third-order valence-electron chi connectivity index (χ3n) is 1.68. The average molecular weight is 280 g/mol. The molecule has 1 rings (SSSR count). The second kappa shape index (κ2) is 5.67. The first-order chi connectivity index (χ1) is 6.36. The molecule has 1 aromatic rings. The molecule has 0 unspecified atom stereocenters. The first-order valence-electron chi connectivity index (χ1n) is 4.07. The van der Waals surface area contributed by atoms with Crippen LogP contribution in [0.25, 0.3) is 0 Å². The summed E-state index contributed by atoms with van der Waals surface area (Å²) < 4.78 is 2.71. The van der Waals surface area contributed by atoms with E-state index in [4.69, 9.17) is 0 Å². The molecule has 0 aliphatic carbocycles. The van der Waals surface area contributed by atoms with Crippen LogP contribution in [0.5, 0.6) is 0 Å². The van der Waals surface area contributed by atoms with Gasteiger partial charge in [-0.2, -0.15) is 0 Å². The monoisotopic (exact) mass is 280 g/mol. The van der Waals surface area contributed by atoms with E-state index in [1.165, 1.54) is 5.56 Å². The largest absolute Gasteiger partial charge is 0.0613 e. The summed E-state index contributed by atoms with van der Waals surface area (Å²) in [5, 5.41) is 0. The van der Waals surface area contributed by atoms with E-state index < -0.39 is 0 Å². The fourth-order valence-electron chi connectivity index (χ4n) is 0.951. The van der Waals surface area contributed by atoms with Gasteiger partial charge in [0.15, 0.2) is 0 Å². The Morgan fingerprint density at radius 2 is 1.85 bits per heavy atom. The molecule has 0 radical (unpaired) electrons. The molecule has 0 aromatic heterocycles. The highest BCUT2D eigenvalue weighted by molar-refractivity contribution is 14.1. The number of benzene rings is 1. The molecule has 64 valence electrons. The van der Waals surface area contributed by atoms with E-state index in [1.54, 1.807) is 0 Å². The average Bonchev–Trinajstić information content (AvgIpc) is 2.19. The molecular weight excluding hydrogens is 271 g/mol. The molecule has 0 saturated carbocycles. The maximum atomic E-state index is 2.97. The highest BCUT2D eigenvalue weighted by Gasteiger charge is 1.87. The molecule has 0 nitrogen and oxygen atoms in total. The second-order valence-electron chi connectivity index (χ2n) is 2.52. The smallest absolute Gasteiger partial charge is 0.0255 e. The predicted octanol–water partition coefficient (Wildman–Crippen LogP) is 3.00. The van der Waals surface area contributed by atoms with Crippen LogP contribution >= 0.6 is 22.6 Å². The van der Waals surface area contributed by atoms with Gasteiger partial charge >= 0.3 is 0 Å². The fourth-order valence-corrected chi connectivity index (χ4v) is 1.09. The van der Waals surface area contributed by atoms with Gasteiger partial charge in [-0.25, -0.2) is 0 Å². The van der Waals surface area contributed by atoms with Crippen molar-refractivity contribution < 1.29 is 0 Å². The topological polar surface area (TPSA) is 0 Å². The SMILES string of the molecule is CCc1ccc(C#CC#CI)cc1. The summed E-state index contributed by atoms with van der Waals surface area (Å²) in [6.07, 6.45) is 1.07. The molecule has 0 fully saturated rings. The van der Waals surface area contributed by atoms with Gasteiger partial charge in [-0.05, 0) is 39.9 Å². The lowest BCUT2D eigenvalue weighted by Gasteiger charge is -1.94. The van der Waals surface area contributed by atoms with Gasteiger partial charge < -0.3 is 0 Å². The van der Waals surface area contributed by atoms with E-state index in [2.05, 4.69) is 40.7 Å². The summed E-state index contributed by atoms with van der Waals surface area (Å²) in [5.41, 5.74) is 2.36. The van der Waals surface area contributed by atoms with Gasteiger partial charge in [-0.1, -0.05) is 25.0 Å². The minimum Gasteiger partial charge on any atom is -0.0613 e. The molecule has 0 N–H and O–H groups in total. The molecule has 1 heteroatoms. The summed E-state index contributed by atoms with van der Waals surface area (Å²) in [6, 6.07) is 8.25. The lowest BCUT2D eigenvalue weighted by atomic mass is 10.1. The van der Waals surface area contributed by atoms with E-state index in [-0.39, 0.29) is 0 Å². The van der Waals surface area contributed by atoms with E-state index in [9.17, 15) is 0 Å². The summed E-state index contributed by atoms with van der Waals surface area (Å²) in [7, 11) is 0. The normalized spacial score (nSPS) is 7.85. The molecule has 0 atom stereocenters. The van der Waals surface area contributed by atoms with E-state index in [1.807, 2.05) is 34.7 Å². The van der Waals surface area contributed by atoms with E-state index >= 15 is 0 Å². The van der Waals surface area contributed by atoms with Crippen molar-refractivity contribution in [2.75, 3.05) is 0 Å². The van der Waals surface area contributed by atoms with Crippen molar-refractivity contribution in [1.82, 2.24) is 0 Å². The van der Waals surface area contributed by atoms with Crippen molar-refractivity contribution in [2.24, 2.45) is 0 Å². The summed E-state index contributed by atoms with van der Waals surface area (Å²) in [5.74, 6) is 8.44. The molecular formula is C12H9I. The number of hydrogen-bond acceptors (Lipinski definition) is 0. The van der Waals surface area contributed by atoms with Crippen molar-refractivity contribution in [3.8, 4) is 21.7 Å². The van der Waals surface area contributed by atoms with Crippen LogP contribution in [0, 0.1) is 21.7 Å². The Bertz CT molecular complexity index is 379. The van der Waals surface area contributed by atoms with Crippen molar-refractivity contribution >= 4 is 22.6 Å². The van der Waals surface area contributed by atoms with Crippen LogP contribution in [0.1, 0.15) is 18.1 Å². The Hall–Kier alpha value is -0.930. The third-order valence-corrected chi connectivity index (χ3v) is 1.95. The Labute approximate surface area is 92.9 Å². The van der Waals surface area contributed by atoms with Gasteiger partial charge in [0.1, 0.15) is 0 Å². The number of aryl methyl sites for hydroxylation is 1. The standard InChI is InChI=1S/C12H9I/c1-2-11-6-8-12(9-7-11)5-3-4-10-13/h6-9H,2H2,1H3. The van der Waals surface area contributed by atoms with Crippen LogP contribution in [0.3, 0.4) is 0 Å². The minimum absolute atomic E-state index is 1.02. The van der Waals surface area contributed by atoms with Crippen molar-refractivity contribution in [3.63, 3.8) is 0 Å². The van der Waals surface area contributed by atoms with Gasteiger partial charge in [0.25, 0.3) is 0 Å². The summed E-state index contributed by atoms with van der Waals surface area (Å²) in [4.78, 5) is 0. The summed E-state index contributed by atoms with van der Waals surface area (Å²) >= 11 is 1.98. The molecule has 1 aromatic carbocycles. The zero-order valence-corrected chi connectivity index (χ0v) is 9.55. The summed E-state index contributed by atoms with van der Waals surface area (Å²) in [6.45, 7) is 2.14. The zero-order valence-electron chi connectivity index (χ0n) is 7.39. The van der Waals surface area contributed by atoms with Gasteiger partial charge in [0.2, 0.25) is 0 Å². The van der Waals surface area contributed by atoms with Crippen molar-refractivity contribution in [1.29, 1.82) is 0 Å². The Kier molecular flexibility index (Phi) is 4.43. The van der Waals surface area contributed by atoms with Crippen LogP contribution in [-0.2, 0) is 6.42 Å². The number of halogens is 1. The van der Waals surface area contributed by atoms with E-state index in [0.717, 1.165) is 12.0 Å². The molecule has 0 heterocycles. The maximum absolute atomic E-state index is 2.97. The Morgan fingerprint density at radius 3 is 2.38 bits per heavy atom. The molecule has 0 saturated heterocycles. The van der Waals surface area contributed by atoms with Crippen LogP contribution < -0.4 is 0 Å². The second-order valence-corrected chi connectivity index (χ2v) is 3.06.